The molecular weight excluding hydrogens is 264 g/mol. The van der Waals surface area contributed by atoms with Crippen molar-refractivity contribution in [1.82, 2.24) is 0 Å². The van der Waals surface area contributed by atoms with Gasteiger partial charge in [0.25, 0.3) is 0 Å². The number of ether oxygens (including phenoxy) is 2. The summed E-state index contributed by atoms with van der Waals surface area (Å²) in [4.78, 5) is 0. The van der Waals surface area contributed by atoms with Crippen molar-refractivity contribution >= 4 is 11.6 Å². The maximum atomic E-state index is 9.91. The molecule has 106 valence electrons. The van der Waals surface area contributed by atoms with Gasteiger partial charge in [-0.3, -0.25) is 0 Å². The Bertz CT molecular complexity index is 441. The van der Waals surface area contributed by atoms with Gasteiger partial charge in [-0.1, -0.05) is 37.6 Å². The highest BCUT2D eigenvalue weighted by molar-refractivity contribution is 6.32. The van der Waals surface area contributed by atoms with Gasteiger partial charge in [-0.05, 0) is 18.6 Å². The van der Waals surface area contributed by atoms with E-state index in [-0.39, 0.29) is 6.10 Å². The molecule has 0 aromatic heterocycles. The number of fused-ring (bicyclic) bond motifs is 1. The van der Waals surface area contributed by atoms with Gasteiger partial charge in [0.15, 0.2) is 0 Å². The Balaban J connectivity index is 2.46. The minimum Gasteiger partial charge on any atom is -0.461 e. The molecule has 0 radical (unpaired) electrons. The molecule has 2 rings (SSSR count). The third-order valence-electron chi connectivity index (χ3n) is 3.74. The molecule has 3 nitrogen and oxygen atoms in total. The predicted molar refractivity (Wildman–Crippen MR) is 75.7 cm³/mol. The first-order valence-corrected chi connectivity index (χ1v) is 7.21. The third kappa shape index (κ3) is 2.88. The van der Waals surface area contributed by atoms with Crippen LogP contribution in [0.3, 0.4) is 0 Å². The van der Waals surface area contributed by atoms with E-state index in [4.69, 9.17) is 21.1 Å². The van der Waals surface area contributed by atoms with E-state index >= 15 is 0 Å². The van der Waals surface area contributed by atoms with Crippen molar-refractivity contribution in [3.8, 4) is 5.75 Å². The molecule has 0 saturated heterocycles. The van der Waals surface area contributed by atoms with Crippen LogP contribution in [0.25, 0.3) is 0 Å². The van der Waals surface area contributed by atoms with Crippen LogP contribution in [-0.4, -0.2) is 23.1 Å². The van der Waals surface area contributed by atoms with Crippen molar-refractivity contribution in [2.45, 2.75) is 58.0 Å². The number of aliphatic hydroxyl groups is 1. The SMILES string of the molecule is CCC1(CC)Oc2c(Cl)cccc2CC(C(C)O)O1. The summed E-state index contributed by atoms with van der Waals surface area (Å²) in [5.74, 6) is -0.0197. The maximum absolute atomic E-state index is 9.91. The van der Waals surface area contributed by atoms with Crippen LogP contribution in [0.4, 0.5) is 0 Å². The van der Waals surface area contributed by atoms with Crippen LogP contribution in [0.15, 0.2) is 18.2 Å². The zero-order valence-corrected chi connectivity index (χ0v) is 12.4. The van der Waals surface area contributed by atoms with Gasteiger partial charge in [-0.25, -0.2) is 0 Å². The largest absolute Gasteiger partial charge is 0.461 e. The summed E-state index contributed by atoms with van der Waals surface area (Å²) in [6.07, 6.45) is 1.19. The van der Waals surface area contributed by atoms with Gasteiger partial charge < -0.3 is 14.6 Å². The molecule has 19 heavy (non-hydrogen) atoms. The standard InChI is InChI=1S/C15H21ClO3/c1-4-15(5-2)18-13(10(3)17)9-11-7-6-8-12(16)14(11)19-15/h6-8,10,13,17H,4-5,9H2,1-3H3. The van der Waals surface area contributed by atoms with E-state index in [0.717, 1.165) is 5.56 Å². The first kappa shape index (κ1) is 14.6. The molecule has 0 amide bonds. The Hall–Kier alpha value is -0.770. The molecule has 1 heterocycles. The van der Waals surface area contributed by atoms with E-state index < -0.39 is 11.9 Å². The van der Waals surface area contributed by atoms with Crippen molar-refractivity contribution in [2.24, 2.45) is 0 Å². The Morgan fingerprint density at radius 2 is 2.11 bits per heavy atom. The highest BCUT2D eigenvalue weighted by Gasteiger charge is 2.38. The number of aliphatic hydroxyl groups excluding tert-OH is 1. The molecule has 1 aliphatic rings. The fourth-order valence-electron chi connectivity index (χ4n) is 2.40. The Morgan fingerprint density at radius 1 is 1.42 bits per heavy atom. The van der Waals surface area contributed by atoms with Gasteiger partial charge in [0.1, 0.15) is 5.75 Å². The van der Waals surface area contributed by atoms with Crippen LogP contribution < -0.4 is 4.74 Å². The normalized spacial score (nSPS) is 23.1. The molecule has 2 unspecified atom stereocenters. The molecule has 1 aromatic rings. The lowest BCUT2D eigenvalue weighted by Gasteiger charge is -2.34. The molecule has 0 bridgehead atoms. The Morgan fingerprint density at radius 3 is 2.68 bits per heavy atom. The molecule has 1 aromatic carbocycles. The number of para-hydroxylation sites is 1. The second-order valence-corrected chi connectivity index (χ2v) is 5.46. The second kappa shape index (κ2) is 5.70. The average Bonchev–Trinajstić information content (AvgIpc) is 2.57. The first-order chi connectivity index (χ1) is 9.01. The van der Waals surface area contributed by atoms with E-state index in [9.17, 15) is 5.11 Å². The molecule has 1 aliphatic heterocycles. The zero-order chi connectivity index (χ0) is 14.0. The molecule has 4 heteroatoms. The third-order valence-corrected chi connectivity index (χ3v) is 4.04. The van der Waals surface area contributed by atoms with Crippen LogP contribution in [0.2, 0.25) is 5.02 Å². The summed E-state index contributed by atoms with van der Waals surface area (Å²) in [5.41, 5.74) is 0.988. The maximum Gasteiger partial charge on any atom is 0.210 e. The molecule has 0 spiro atoms. The monoisotopic (exact) mass is 284 g/mol. The number of halogens is 1. The number of hydrogen-bond donors (Lipinski definition) is 1. The van der Waals surface area contributed by atoms with Crippen molar-refractivity contribution in [2.75, 3.05) is 0 Å². The van der Waals surface area contributed by atoms with Crippen LogP contribution >= 0.6 is 11.6 Å². The average molecular weight is 285 g/mol. The van der Waals surface area contributed by atoms with Crippen molar-refractivity contribution in [3.05, 3.63) is 28.8 Å². The topological polar surface area (TPSA) is 38.7 Å². The minimum atomic E-state index is -0.710. The van der Waals surface area contributed by atoms with Crippen LogP contribution in [0, 0.1) is 0 Å². The predicted octanol–water partition coefficient (Wildman–Crippen LogP) is 3.56. The molecule has 0 aliphatic carbocycles. The highest BCUT2D eigenvalue weighted by Crippen LogP contribution is 2.39. The van der Waals surface area contributed by atoms with Gasteiger partial charge in [-0.15, -0.1) is 0 Å². The minimum absolute atomic E-state index is 0.278. The Kier molecular flexibility index (Phi) is 4.39. The number of hydrogen-bond acceptors (Lipinski definition) is 3. The summed E-state index contributed by atoms with van der Waals surface area (Å²) in [6.45, 7) is 5.78. The van der Waals surface area contributed by atoms with Gasteiger partial charge in [-0.2, -0.15) is 0 Å². The smallest absolute Gasteiger partial charge is 0.210 e. The zero-order valence-electron chi connectivity index (χ0n) is 11.6. The fourth-order valence-corrected chi connectivity index (χ4v) is 2.64. The van der Waals surface area contributed by atoms with Crippen molar-refractivity contribution in [3.63, 3.8) is 0 Å². The summed E-state index contributed by atoms with van der Waals surface area (Å²) in [6, 6.07) is 5.69. The van der Waals surface area contributed by atoms with Crippen molar-refractivity contribution in [1.29, 1.82) is 0 Å². The molecule has 0 fully saturated rings. The highest BCUT2D eigenvalue weighted by atomic mass is 35.5. The summed E-state index contributed by atoms with van der Waals surface area (Å²) in [5, 5.41) is 10.5. The van der Waals surface area contributed by atoms with Gasteiger partial charge in [0, 0.05) is 19.3 Å². The Labute approximate surface area is 119 Å². The molecular formula is C15H21ClO3. The molecule has 1 N–H and O–H groups in total. The van der Waals surface area contributed by atoms with Gasteiger partial charge >= 0.3 is 0 Å². The second-order valence-electron chi connectivity index (χ2n) is 5.05. The van der Waals surface area contributed by atoms with Crippen LogP contribution in [0.1, 0.15) is 39.2 Å². The van der Waals surface area contributed by atoms with Crippen molar-refractivity contribution < 1.29 is 14.6 Å². The number of rotatable bonds is 3. The number of benzene rings is 1. The molecule has 2 atom stereocenters. The molecule has 0 saturated carbocycles. The lowest BCUT2D eigenvalue weighted by molar-refractivity contribution is -0.225. The van der Waals surface area contributed by atoms with E-state index in [1.807, 2.05) is 32.0 Å². The van der Waals surface area contributed by atoms with Gasteiger partial charge in [0.05, 0.1) is 17.2 Å². The lowest BCUT2D eigenvalue weighted by Crippen LogP contribution is -2.43. The summed E-state index contributed by atoms with van der Waals surface area (Å²) in [7, 11) is 0. The summed E-state index contributed by atoms with van der Waals surface area (Å²) < 4.78 is 12.2. The first-order valence-electron chi connectivity index (χ1n) is 6.83. The van der Waals surface area contributed by atoms with E-state index in [0.29, 0.717) is 30.0 Å². The lowest BCUT2D eigenvalue weighted by atomic mass is 10.0. The van der Waals surface area contributed by atoms with Crippen LogP contribution in [0.5, 0.6) is 5.75 Å². The van der Waals surface area contributed by atoms with Crippen LogP contribution in [-0.2, 0) is 11.2 Å². The van der Waals surface area contributed by atoms with E-state index in [1.165, 1.54) is 0 Å². The quantitative estimate of drug-likeness (QED) is 0.922. The van der Waals surface area contributed by atoms with E-state index in [2.05, 4.69) is 0 Å². The fraction of sp³-hybridized carbons (Fsp3) is 0.600. The van der Waals surface area contributed by atoms with E-state index in [1.54, 1.807) is 6.92 Å². The summed E-state index contributed by atoms with van der Waals surface area (Å²) >= 11 is 6.24. The van der Waals surface area contributed by atoms with Gasteiger partial charge in [0.2, 0.25) is 5.79 Å².